The quantitative estimate of drug-likeness (QED) is 0.189. The van der Waals surface area contributed by atoms with Crippen LogP contribution in [0.15, 0.2) is 4.99 Å². The van der Waals surface area contributed by atoms with Gasteiger partial charge in [0.15, 0.2) is 0 Å². The highest BCUT2D eigenvalue weighted by atomic mass is 16.2. The zero-order chi connectivity index (χ0) is 10.3. The SMILES string of the molecule is CCCNC(=O)C(C)N=C(N)NN. The van der Waals surface area contributed by atoms with E-state index in [2.05, 4.69) is 15.7 Å². The van der Waals surface area contributed by atoms with Crippen LogP contribution in [0.4, 0.5) is 0 Å². The van der Waals surface area contributed by atoms with Crippen molar-refractivity contribution in [1.82, 2.24) is 10.7 Å². The molecule has 0 aliphatic rings. The fraction of sp³-hybridized carbons (Fsp3) is 0.714. The van der Waals surface area contributed by atoms with E-state index in [-0.39, 0.29) is 11.9 Å². The summed E-state index contributed by atoms with van der Waals surface area (Å²) in [6.07, 6.45) is 0.896. The predicted octanol–water partition coefficient (Wildman–Crippen LogP) is -1.32. The molecule has 1 amide bonds. The van der Waals surface area contributed by atoms with Crippen molar-refractivity contribution in [3.8, 4) is 0 Å². The van der Waals surface area contributed by atoms with Gasteiger partial charge in [-0.2, -0.15) is 0 Å². The van der Waals surface area contributed by atoms with Crippen LogP contribution in [0.5, 0.6) is 0 Å². The normalized spacial score (nSPS) is 13.6. The topological polar surface area (TPSA) is 106 Å². The van der Waals surface area contributed by atoms with E-state index in [4.69, 9.17) is 11.6 Å². The van der Waals surface area contributed by atoms with E-state index in [1.807, 2.05) is 6.92 Å². The monoisotopic (exact) mass is 187 g/mol. The van der Waals surface area contributed by atoms with E-state index in [1.165, 1.54) is 0 Å². The summed E-state index contributed by atoms with van der Waals surface area (Å²) in [5.74, 6) is 4.89. The van der Waals surface area contributed by atoms with E-state index >= 15 is 0 Å². The first-order valence-electron chi connectivity index (χ1n) is 4.19. The highest BCUT2D eigenvalue weighted by Crippen LogP contribution is 1.88. The molecular formula is C7H17N5O. The van der Waals surface area contributed by atoms with Gasteiger partial charge in [0.05, 0.1) is 0 Å². The molecule has 0 aromatic heterocycles. The van der Waals surface area contributed by atoms with Crippen LogP contribution >= 0.6 is 0 Å². The standard InChI is InChI=1S/C7H17N5O/c1-3-4-10-6(13)5(2)11-7(8)12-9/h5H,3-4,9H2,1-2H3,(H,10,13)(H3,8,11,12). The fourth-order valence-corrected chi connectivity index (χ4v) is 0.700. The second kappa shape index (κ2) is 6.24. The summed E-state index contributed by atoms with van der Waals surface area (Å²) in [7, 11) is 0. The smallest absolute Gasteiger partial charge is 0.244 e. The molecule has 6 nitrogen and oxygen atoms in total. The van der Waals surface area contributed by atoms with Crippen LogP contribution in [0.1, 0.15) is 20.3 Å². The number of hydrazine groups is 1. The predicted molar refractivity (Wildman–Crippen MR) is 51.7 cm³/mol. The summed E-state index contributed by atoms with van der Waals surface area (Å²) in [6.45, 7) is 4.27. The molecule has 6 heteroatoms. The zero-order valence-corrected chi connectivity index (χ0v) is 8.00. The van der Waals surface area contributed by atoms with Gasteiger partial charge in [0.2, 0.25) is 11.9 Å². The molecule has 0 spiro atoms. The van der Waals surface area contributed by atoms with Crippen molar-refractivity contribution < 1.29 is 4.79 Å². The average Bonchev–Trinajstić information content (AvgIpc) is 2.13. The molecule has 6 N–H and O–H groups in total. The minimum Gasteiger partial charge on any atom is -0.369 e. The van der Waals surface area contributed by atoms with Gasteiger partial charge in [-0.15, -0.1) is 0 Å². The van der Waals surface area contributed by atoms with Crippen LogP contribution in [0.25, 0.3) is 0 Å². The van der Waals surface area contributed by atoms with Gasteiger partial charge >= 0.3 is 0 Å². The van der Waals surface area contributed by atoms with E-state index in [0.717, 1.165) is 6.42 Å². The number of nitrogens with two attached hydrogens (primary N) is 2. The van der Waals surface area contributed by atoms with E-state index < -0.39 is 6.04 Å². The Morgan fingerprint density at radius 2 is 2.23 bits per heavy atom. The van der Waals surface area contributed by atoms with Crippen LogP contribution < -0.4 is 22.3 Å². The van der Waals surface area contributed by atoms with Gasteiger partial charge in [-0.05, 0) is 13.3 Å². The fourth-order valence-electron chi connectivity index (χ4n) is 0.700. The number of hydrogen-bond donors (Lipinski definition) is 4. The number of nitrogens with zero attached hydrogens (tertiary/aromatic N) is 1. The largest absolute Gasteiger partial charge is 0.369 e. The molecule has 0 rings (SSSR count). The molecule has 0 aliphatic carbocycles. The Bertz CT molecular complexity index is 191. The van der Waals surface area contributed by atoms with Crippen LogP contribution in [-0.2, 0) is 4.79 Å². The Labute approximate surface area is 77.7 Å². The lowest BCUT2D eigenvalue weighted by Gasteiger charge is -2.08. The van der Waals surface area contributed by atoms with Gasteiger partial charge in [-0.3, -0.25) is 10.2 Å². The summed E-state index contributed by atoms with van der Waals surface area (Å²) in [5, 5.41) is 2.69. The van der Waals surface area contributed by atoms with Crippen LogP contribution in [0, 0.1) is 0 Å². The third kappa shape index (κ3) is 5.02. The zero-order valence-electron chi connectivity index (χ0n) is 8.00. The Morgan fingerprint density at radius 3 is 2.69 bits per heavy atom. The van der Waals surface area contributed by atoms with Crippen molar-refractivity contribution in [3.05, 3.63) is 0 Å². The third-order valence-electron chi connectivity index (χ3n) is 1.41. The van der Waals surface area contributed by atoms with Crippen molar-refractivity contribution in [1.29, 1.82) is 0 Å². The molecule has 13 heavy (non-hydrogen) atoms. The minimum atomic E-state index is -0.511. The highest BCUT2D eigenvalue weighted by Gasteiger charge is 2.10. The lowest BCUT2D eigenvalue weighted by atomic mass is 10.3. The number of guanidine groups is 1. The molecule has 0 radical (unpaired) electrons. The van der Waals surface area contributed by atoms with Gasteiger partial charge < -0.3 is 11.1 Å². The number of carbonyl (C=O) groups excluding carboxylic acids is 1. The Kier molecular flexibility index (Phi) is 5.62. The molecule has 0 bridgehead atoms. The number of nitrogens with one attached hydrogen (secondary N) is 2. The van der Waals surface area contributed by atoms with Crippen molar-refractivity contribution >= 4 is 11.9 Å². The van der Waals surface area contributed by atoms with Crippen LogP contribution in [0.2, 0.25) is 0 Å². The maximum atomic E-state index is 11.2. The first kappa shape index (κ1) is 11.7. The van der Waals surface area contributed by atoms with Gasteiger partial charge in [-0.1, -0.05) is 6.92 Å². The molecule has 0 fully saturated rings. The van der Waals surface area contributed by atoms with Gasteiger partial charge in [-0.25, -0.2) is 10.8 Å². The van der Waals surface area contributed by atoms with Crippen molar-refractivity contribution in [3.63, 3.8) is 0 Å². The average molecular weight is 187 g/mol. The third-order valence-corrected chi connectivity index (χ3v) is 1.41. The Morgan fingerprint density at radius 1 is 1.62 bits per heavy atom. The molecule has 0 heterocycles. The first-order chi connectivity index (χ1) is 6.11. The molecule has 0 aromatic rings. The number of hydrogen-bond acceptors (Lipinski definition) is 3. The van der Waals surface area contributed by atoms with Gasteiger partial charge in [0.1, 0.15) is 6.04 Å². The number of rotatable bonds is 4. The Balaban J connectivity index is 3.95. The van der Waals surface area contributed by atoms with Gasteiger partial charge in [0.25, 0.3) is 0 Å². The van der Waals surface area contributed by atoms with Crippen molar-refractivity contribution in [2.45, 2.75) is 26.3 Å². The summed E-state index contributed by atoms with van der Waals surface area (Å²) in [5.41, 5.74) is 7.43. The molecule has 0 aliphatic heterocycles. The summed E-state index contributed by atoms with van der Waals surface area (Å²) in [6, 6.07) is -0.511. The summed E-state index contributed by atoms with van der Waals surface area (Å²) >= 11 is 0. The Hall–Kier alpha value is -1.30. The second-order valence-electron chi connectivity index (χ2n) is 2.63. The molecule has 0 saturated carbocycles. The number of carbonyl (C=O) groups is 1. The molecule has 1 unspecified atom stereocenters. The first-order valence-corrected chi connectivity index (χ1v) is 4.19. The summed E-state index contributed by atoms with van der Waals surface area (Å²) < 4.78 is 0. The molecule has 0 aromatic carbocycles. The molecular weight excluding hydrogens is 170 g/mol. The van der Waals surface area contributed by atoms with Crippen LogP contribution in [0.3, 0.4) is 0 Å². The van der Waals surface area contributed by atoms with E-state index in [0.29, 0.717) is 6.54 Å². The lowest BCUT2D eigenvalue weighted by Crippen LogP contribution is -2.40. The lowest BCUT2D eigenvalue weighted by molar-refractivity contribution is -0.121. The van der Waals surface area contributed by atoms with Crippen molar-refractivity contribution in [2.24, 2.45) is 16.6 Å². The molecule has 76 valence electrons. The minimum absolute atomic E-state index is 0.0548. The number of aliphatic imine (C=N–C) groups is 1. The van der Waals surface area contributed by atoms with E-state index in [1.54, 1.807) is 6.92 Å². The highest BCUT2D eigenvalue weighted by molar-refractivity contribution is 5.85. The second-order valence-corrected chi connectivity index (χ2v) is 2.63. The maximum absolute atomic E-state index is 11.2. The van der Waals surface area contributed by atoms with Gasteiger partial charge in [0, 0.05) is 6.54 Å². The maximum Gasteiger partial charge on any atom is 0.244 e. The molecule has 1 atom stereocenters. The van der Waals surface area contributed by atoms with Crippen molar-refractivity contribution in [2.75, 3.05) is 6.54 Å². The summed E-state index contributed by atoms with van der Waals surface area (Å²) in [4.78, 5) is 15.0. The molecule has 0 saturated heterocycles. The van der Waals surface area contributed by atoms with Crippen LogP contribution in [-0.4, -0.2) is 24.5 Å². The van der Waals surface area contributed by atoms with E-state index in [9.17, 15) is 4.79 Å². The number of amides is 1.